The molecule has 0 N–H and O–H groups in total. The van der Waals surface area contributed by atoms with Gasteiger partial charge < -0.3 is 9.64 Å². The van der Waals surface area contributed by atoms with E-state index in [-0.39, 0.29) is 5.91 Å². The van der Waals surface area contributed by atoms with E-state index in [1.54, 1.807) is 11.8 Å². The highest BCUT2D eigenvalue weighted by atomic mass is 16.5. The minimum Gasteiger partial charge on any atom is -0.497 e. The number of amides is 1. The van der Waals surface area contributed by atoms with Gasteiger partial charge in [0.05, 0.1) is 12.8 Å². The van der Waals surface area contributed by atoms with Gasteiger partial charge in [-0.05, 0) is 31.0 Å². The molecule has 0 bridgehead atoms. The summed E-state index contributed by atoms with van der Waals surface area (Å²) in [4.78, 5) is 14.3. The van der Waals surface area contributed by atoms with Gasteiger partial charge in [-0.15, -0.1) is 0 Å². The summed E-state index contributed by atoms with van der Waals surface area (Å²) in [6.07, 6.45) is 2.17. The summed E-state index contributed by atoms with van der Waals surface area (Å²) in [5.41, 5.74) is 2.42. The molecular formula is C16H19N3O2. The van der Waals surface area contributed by atoms with Crippen LogP contribution in [0.5, 0.6) is 5.75 Å². The number of methoxy groups -OCH3 is 1. The SMILES string of the molecule is COc1cccc(-c2cc(C(=O)N3CCCC3)nn2C)c1. The lowest BCUT2D eigenvalue weighted by molar-refractivity contribution is 0.0786. The summed E-state index contributed by atoms with van der Waals surface area (Å²) in [7, 11) is 3.50. The number of likely N-dealkylation sites (tertiary alicyclic amines) is 1. The maximum atomic E-state index is 12.4. The summed E-state index contributed by atoms with van der Waals surface area (Å²) in [6.45, 7) is 1.67. The normalized spacial score (nSPS) is 14.5. The molecule has 0 aliphatic carbocycles. The number of carbonyl (C=O) groups excluding carboxylic acids is 1. The van der Waals surface area contributed by atoms with Crippen LogP contribution in [0.3, 0.4) is 0 Å². The van der Waals surface area contributed by atoms with Gasteiger partial charge in [-0.2, -0.15) is 5.10 Å². The Morgan fingerprint density at radius 3 is 2.71 bits per heavy atom. The van der Waals surface area contributed by atoms with Gasteiger partial charge >= 0.3 is 0 Å². The van der Waals surface area contributed by atoms with Gasteiger partial charge in [-0.1, -0.05) is 12.1 Å². The molecule has 0 radical (unpaired) electrons. The van der Waals surface area contributed by atoms with Crippen molar-refractivity contribution >= 4 is 5.91 Å². The summed E-state index contributed by atoms with van der Waals surface area (Å²) in [6, 6.07) is 9.62. The first-order valence-electron chi connectivity index (χ1n) is 7.17. The van der Waals surface area contributed by atoms with E-state index >= 15 is 0 Å². The average Bonchev–Trinajstić information content (AvgIpc) is 3.16. The quantitative estimate of drug-likeness (QED) is 0.869. The smallest absolute Gasteiger partial charge is 0.274 e. The first kappa shape index (κ1) is 13.7. The summed E-state index contributed by atoms with van der Waals surface area (Å²) < 4.78 is 7.00. The predicted octanol–water partition coefficient (Wildman–Crippen LogP) is 2.33. The van der Waals surface area contributed by atoms with E-state index in [0.29, 0.717) is 5.69 Å². The Balaban J connectivity index is 1.91. The monoisotopic (exact) mass is 285 g/mol. The third kappa shape index (κ3) is 2.63. The Labute approximate surface area is 124 Å². The van der Waals surface area contributed by atoms with Crippen molar-refractivity contribution in [3.63, 3.8) is 0 Å². The minimum absolute atomic E-state index is 0.0252. The van der Waals surface area contributed by atoms with Crippen molar-refractivity contribution in [3.8, 4) is 17.0 Å². The molecule has 21 heavy (non-hydrogen) atoms. The third-order valence-electron chi connectivity index (χ3n) is 3.86. The van der Waals surface area contributed by atoms with Crippen LogP contribution in [0.2, 0.25) is 0 Å². The largest absolute Gasteiger partial charge is 0.497 e. The molecule has 1 aliphatic rings. The molecule has 2 heterocycles. The first-order chi connectivity index (χ1) is 10.2. The van der Waals surface area contributed by atoms with Crippen molar-refractivity contribution in [2.75, 3.05) is 20.2 Å². The number of nitrogens with zero attached hydrogens (tertiary/aromatic N) is 3. The van der Waals surface area contributed by atoms with Crippen LogP contribution < -0.4 is 4.74 Å². The molecule has 1 aliphatic heterocycles. The van der Waals surface area contributed by atoms with Crippen LogP contribution >= 0.6 is 0 Å². The second-order valence-corrected chi connectivity index (χ2v) is 5.27. The van der Waals surface area contributed by atoms with Crippen molar-refractivity contribution in [2.24, 2.45) is 7.05 Å². The fraction of sp³-hybridized carbons (Fsp3) is 0.375. The fourth-order valence-electron chi connectivity index (χ4n) is 2.71. The maximum absolute atomic E-state index is 12.4. The van der Waals surface area contributed by atoms with E-state index in [1.807, 2.05) is 42.3 Å². The van der Waals surface area contributed by atoms with E-state index in [1.165, 1.54) is 0 Å². The molecule has 1 saturated heterocycles. The van der Waals surface area contributed by atoms with E-state index < -0.39 is 0 Å². The number of carbonyl (C=O) groups is 1. The molecule has 1 aromatic carbocycles. The van der Waals surface area contributed by atoms with Crippen molar-refractivity contribution in [2.45, 2.75) is 12.8 Å². The lowest BCUT2D eigenvalue weighted by Gasteiger charge is -2.12. The molecule has 5 heteroatoms. The molecule has 0 unspecified atom stereocenters. The summed E-state index contributed by atoms with van der Waals surface area (Å²) >= 11 is 0. The number of aromatic nitrogens is 2. The fourth-order valence-corrected chi connectivity index (χ4v) is 2.71. The number of hydrogen-bond acceptors (Lipinski definition) is 3. The zero-order valence-electron chi connectivity index (χ0n) is 12.4. The van der Waals surface area contributed by atoms with Gasteiger partial charge in [0.15, 0.2) is 5.69 Å². The van der Waals surface area contributed by atoms with Gasteiger partial charge in [-0.25, -0.2) is 0 Å². The standard InChI is InChI=1S/C16H19N3O2/c1-18-15(12-6-5-7-13(10-12)21-2)11-14(17-18)16(20)19-8-3-4-9-19/h5-7,10-11H,3-4,8-9H2,1-2H3. The van der Waals surface area contributed by atoms with Gasteiger partial charge in [0, 0.05) is 25.7 Å². The highest BCUT2D eigenvalue weighted by molar-refractivity contribution is 5.93. The molecule has 5 nitrogen and oxygen atoms in total. The molecular weight excluding hydrogens is 266 g/mol. The first-order valence-corrected chi connectivity index (χ1v) is 7.17. The highest BCUT2D eigenvalue weighted by Crippen LogP contribution is 2.25. The predicted molar refractivity (Wildman–Crippen MR) is 80.3 cm³/mol. The molecule has 1 fully saturated rings. The lowest BCUT2D eigenvalue weighted by Crippen LogP contribution is -2.28. The molecule has 110 valence electrons. The van der Waals surface area contributed by atoms with Crippen LogP contribution in [-0.2, 0) is 7.05 Å². The minimum atomic E-state index is 0.0252. The van der Waals surface area contributed by atoms with Crippen LogP contribution in [0.1, 0.15) is 23.3 Å². The number of benzene rings is 1. The van der Waals surface area contributed by atoms with Gasteiger partial charge in [0.1, 0.15) is 5.75 Å². The van der Waals surface area contributed by atoms with E-state index in [4.69, 9.17) is 4.74 Å². The van der Waals surface area contributed by atoms with E-state index in [2.05, 4.69) is 5.10 Å². The van der Waals surface area contributed by atoms with Crippen LogP contribution in [0.15, 0.2) is 30.3 Å². The highest BCUT2D eigenvalue weighted by Gasteiger charge is 2.22. The van der Waals surface area contributed by atoms with Crippen LogP contribution in [0.4, 0.5) is 0 Å². The van der Waals surface area contributed by atoms with E-state index in [9.17, 15) is 4.79 Å². The van der Waals surface area contributed by atoms with Crippen LogP contribution in [-0.4, -0.2) is 40.8 Å². The Bertz CT molecular complexity index is 657. The Kier molecular flexibility index (Phi) is 3.64. The molecule has 0 atom stereocenters. The second kappa shape index (κ2) is 5.60. The molecule has 1 aromatic heterocycles. The Morgan fingerprint density at radius 2 is 2.00 bits per heavy atom. The zero-order chi connectivity index (χ0) is 14.8. The average molecular weight is 285 g/mol. The van der Waals surface area contributed by atoms with Gasteiger partial charge in [-0.3, -0.25) is 9.48 Å². The van der Waals surface area contributed by atoms with Gasteiger partial charge in [0.25, 0.3) is 5.91 Å². The molecule has 1 amide bonds. The molecule has 2 aromatic rings. The summed E-state index contributed by atoms with van der Waals surface area (Å²) in [5, 5.41) is 4.37. The maximum Gasteiger partial charge on any atom is 0.274 e. The second-order valence-electron chi connectivity index (χ2n) is 5.27. The van der Waals surface area contributed by atoms with E-state index in [0.717, 1.165) is 42.9 Å². The van der Waals surface area contributed by atoms with Crippen LogP contribution in [0.25, 0.3) is 11.3 Å². The van der Waals surface area contributed by atoms with Crippen molar-refractivity contribution in [1.29, 1.82) is 0 Å². The Hall–Kier alpha value is -2.30. The molecule has 0 saturated carbocycles. The molecule has 0 spiro atoms. The molecule has 3 rings (SSSR count). The number of ether oxygens (including phenoxy) is 1. The summed E-state index contributed by atoms with van der Waals surface area (Å²) in [5.74, 6) is 0.818. The number of aryl methyl sites for hydroxylation is 1. The topological polar surface area (TPSA) is 47.4 Å². The number of rotatable bonds is 3. The third-order valence-corrected chi connectivity index (χ3v) is 3.86. The lowest BCUT2D eigenvalue weighted by atomic mass is 10.1. The van der Waals surface area contributed by atoms with Crippen molar-refractivity contribution in [1.82, 2.24) is 14.7 Å². The van der Waals surface area contributed by atoms with Gasteiger partial charge in [0.2, 0.25) is 0 Å². The van der Waals surface area contributed by atoms with Crippen LogP contribution in [0, 0.1) is 0 Å². The van der Waals surface area contributed by atoms with Crippen molar-refractivity contribution in [3.05, 3.63) is 36.0 Å². The Morgan fingerprint density at radius 1 is 1.24 bits per heavy atom. The van der Waals surface area contributed by atoms with Crippen molar-refractivity contribution < 1.29 is 9.53 Å². The zero-order valence-corrected chi connectivity index (χ0v) is 12.4. The number of hydrogen-bond donors (Lipinski definition) is 0.